The molecule has 0 saturated carbocycles. The first-order valence-corrected chi connectivity index (χ1v) is 10.6. The molecule has 1 saturated heterocycles. The monoisotopic (exact) mass is 434 g/mol. The van der Waals surface area contributed by atoms with E-state index in [9.17, 15) is 19.5 Å². The molecule has 1 aliphatic heterocycles. The Morgan fingerprint density at radius 2 is 1.72 bits per heavy atom. The Morgan fingerprint density at radius 3 is 2.25 bits per heavy atom. The molecule has 7 nitrogen and oxygen atoms in total. The van der Waals surface area contributed by atoms with Crippen molar-refractivity contribution in [3.63, 3.8) is 0 Å². The van der Waals surface area contributed by atoms with Gasteiger partial charge in [0.15, 0.2) is 0 Å². The van der Waals surface area contributed by atoms with Crippen molar-refractivity contribution in [3.8, 4) is 11.1 Å². The number of benzene rings is 2. The fraction of sp³-hybridized carbons (Fsp3) is 0.320. The standard InChI is InChI=1S/C25H26N2O5/c1-3-12-25(23(29)30)14-27(15-25)22(28)16(2)26-24(31)32-13-21-19-10-6-4-8-17(19)18-9-5-7-11-20(18)21/h3-11,16,21H,1,12-15H2,2H3,(H,26,31)(H,29,30). The number of alkyl carbamates (subject to hydrolysis) is 1. The Morgan fingerprint density at radius 1 is 1.16 bits per heavy atom. The van der Waals surface area contributed by atoms with Gasteiger partial charge in [0, 0.05) is 19.0 Å². The number of carboxylic acids is 1. The van der Waals surface area contributed by atoms with Gasteiger partial charge in [-0.15, -0.1) is 6.58 Å². The number of hydrogen-bond donors (Lipinski definition) is 2. The number of aliphatic carboxylic acids is 1. The van der Waals surface area contributed by atoms with E-state index < -0.39 is 23.5 Å². The van der Waals surface area contributed by atoms with Gasteiger partial charge in [0.2, 0.25) is 5.91 Å². The topological polar surface area (TPSA) is 95.9 Å². The van der Waals surface area contributed by atoms with Gasteiger partial charge in [-0.05, 0) is 35.6 Å². The number of allylic oxidation sites excluding steroid dienone is 1. The molecule has 2 N–H and O–H groups in total. The van der Waals surface area contributed by atoms with Gasteiger partial charge < -0.3 is 20.1 Å². The second kappa shape index (κ2) is 8.49. The molecule has 7 heteroatoms. The molecular formula is C25H26N2O5. The summed E-state index contributed by atoms with van der Waals surface area (Å²) in [6.45, 7) is 5.52. The number of hydrogen-bond acceptors (Lipinski definition) is 4. The van der Waals surface area contributed by atoms with Crippen LogP contribution >= 0.6 is 0 Å². The van der Waals surface area contributed by atoms with Crippen LogP contribution in [0.3, 0.4) is 0 Å². The third-order valence-electron chi connectivity index (χ3n) is 6.34. The lowest BCUT2D eigenvalue weighted by Gasteiger charge is -2.47. The largest absolute Gasteiger partial charge is 0.481 e. The van der Waals surface area contributed by atoms with Gasteiger partial charge in [-0.25, -0.2) is 4.79 Å². The molecule has 2 aromatic rings. The first-order valence-electron chi connectivity index (χ1n) is 10.6. The van der Waals surface area contributed by atoms with E-state index in [4.69, 9.17) is 4.74 Å². The van der Waals surface area contributed by atoms with E-state index in [1.165, 1.54) is 4.90 Å². The summed E-state index contributed by atoms with van der Waals surface area (Å²) < 4.78 is 5.48. The van der Waals surface area contributed by atoms with Gasteiger partial charge >= 0.3 is 12.1 Å². The fourth-order valence-corrected chi connectivity index (χ4v) is 4.62. The molecule has 1 atom stereocenters. The van der Waals surface area contributed by atoms with Crippen LogP contribution in [0.4, 0.5) is 4.79 Å². The van der Waals surface area contributed by atoms with Crippen LogP contribution in [0, 0.1) is 5.41 Å². The van der Waals surface area contributed by atoms with Gasteiger partial charge in [0.05, 0.1) is 0 Å². The summed E-state index contributed by atoms with van der Waals surface area (Å²) in [4.78, 5) is 38.0. The van der Waals surface area contributed by atoms with Crippen LogP contribution in [0.2, 0.25) is 0 Å². The van der Waals surface area contributed by atoms with E-state index in [0.29, 0.717) is 6.42 Å². The molecule has 1 unspecified atom stereocenters. The highest BCUT2D eigenvalue weighted by Gasteiger charge is 2.51. The fourth-order valence-electron chi connectivity index (χ4n) is 4.62. The number of carbonyl (C=O) groups is 3. The average molecular weight is 434 g/mol. The molecule has 0 spiro atoms. The number of likely N-dealkylation sites (tertiary alicyclic amines) is 1. The van der Waals surface area contributed by atoms with Crippen molar-refractivity contribution < 1.29 is 24.2 Å². The number of nitrogens with one attached hydrogen (secondary N) is 1. The zero-order valence-corrected chi connectivity index (χ0v) is 17.9. The van der Waals surface area contributed by atoms with E-state index in [1.54, 1.807) is 13.0 Å². The highest BCUT2D eigenvalue weighted by molar-refractivity contribution is 5.88. The lowest BCUT2D eigenvalue weighted by molar-refractivity contribution is -0.166. The molecule has 2 aliphatic rings. The molecule has 0 radical (unpaired) electrons. The number of rotatable bonds is 7. The summed E-state index contributed by atoms with van der Waals surface area (Å²) in [5, 5.41) is 12.0. The zero-order valence-electron chi connectivity index (χ0n) is 17.9. The minimum absolute atomic E-state index is 0.0652. The smallest absolute Gasteiger partial charge is 0.407 e. The Kier molecular flexibility index (Phi) is 5.74. The van der Waals surface area contributed by atoms with Crippen LogP contribution in [0.25, 0.3) is 11.1 Å². The molecule has 1 heterocycles. The minimum Gasteiger partial charge on any atom is -0.481 e. The number of fused-ring (bicyclic) bond motifs is 3. The maximum absolute atomic E-state index is 12.6. The van der Waals surface area contributed by atoms with Gasteiger partial charge in [0.25, 0.3) is 0 Å². The number of nitrogens with zero attached hydrogens (tertiary/aromatic N) is 1. The normalized spacial score (nSPS) is 16.8. The Hall–Kier alpha value is -3.61. The van der Waals surface area contributed by atoms with Crippen LogP contribution in [0.5, 0.6) is 0 Å². The van der Waals surface area contributed by atoms with E-state index in [0.717, 1.165) is 22.3 Å². The predicted octanol–water partition coefficient (Wildman–Crippen LogP) is 3.40. The van der Waals surface area contributed by atoms with Gasteiger partial charge in [-0.2, -0.15) is 0 Å². The lowest BCUT2D eigenvalue weighted by Crippen LogP contribution is -2.64. The van der Waals surface area contributed by atoms with Crippen molar-refractivity contribution in [1.29, 1.82) is 0 Å². The van der Waals surface area contributed by atoms with Crippen molar-refractivity contribution >= 4 is 18.0 Å². The second-order valence-corrected chi connectivity index (χ2v) is 8.46. The summed E-state index contributed by atoms with van der Waals surface area (Å²) in [6, 6.07) is 15.3. The third kappa shape index (κ3) is 3.75. The van der Waals surface area contributed by atoms with Gasteiger partial charge in [0.1, 0.15) is 18.1 Å². The Bertz CT molecular complexity index is 1030. The highest BCUT2D eigenvalue weighted by Crippen LogP contribution is 2.44. The van der Waals surface area contributed by atoms with Crippen molar-refractivity contribution in [2.45, 2.75) is 25.3 Å². The van der Waals surface area contributed by atoms with Gasteiger partial charge in [-0.1, -0.05) is 54.6 Å². The summed E-state index contributed by atoms with van der Waals surface area (Å²) >= 11 is 0. The average Bonchev–Trinajstić information content (AvgIpc) is 3.07. The molecule has 32 heavy (non-hydrogen) atoms. The summed E-state index contributed by atoms with van der Waals surface area (Å²) in [7, 11) is 0. The molecule has 0 aromatic heterocycles. The lowest BCUT2D eigenvalue weighted by atomic mass is 9.76. The maximum Gasteiger partial charge on any atom is 0.407 e. The zero-order chi connectivity index (χ0) is 22.9. The molecule has 0 bridgehead atoms. The molecule has 2 amide bonds. The summed E-state index contributed by atoms with van der Waals surface area (Å²) in [5.41, 5.74) is 3.51. The molecular weight excluding hydrogens is 408 g/mol. The highest BCUT2D eigenvalue weighted by atomic mass is 16.5. The molecule has 1 aliphatic carbocycles. The van der Waals surface area contributed by atoms with Crippen molar-refractivity contribution in [1.82, 2.24) is 10.2 Å². The number of carboxylic acid groups (broad SMARTS) is 1. The van der Waals surface area contributed by atoms with Gasteiger partial charge in [-0.3, -0.25) is 9.59 Å². The van der Waals surface area contributed by atoms with Crippen LogP contribution < -0.4 is 5.32 Å². The maximum atomic E-state index is 12.6. The van der Waals surface area contributed by atoms with E-state index >= 15 is 0 Å². The van der Waals surface area contributed by atoms with Crippen LogP contribution in [0.1, 0.15) is 30.4 Å². The van der Waals surface area contributed by atoms with Crippen molar-refractivity contribution in [2.75, 3.05) is 19.7 Å². The Balaban J connectivity index is 1.33. The first kappa shape index (κ1) is 21.6. The summed E-state index contributed by atoms with van der Waals surface area (Å²) in [5.74, 6) is -1.34. The number of ether oxygens (including phenoxy) is 1. The quantitative estimate of drug-likeness (QED) is 0.651. The van der Waals surface area contributed by atoms with E-state index in [-0.39, 0.29) is 31.5 Å². The van der Waals surface area contributed by atoms with Crippen molar-refractivity contribution in [2.24, 2.45) is 5.41 Å². The molecule has 166 valence electrons. The Labute approximate surface area is 186 Å². The minimum atomic E-state index is -0.985. The third-order valence-corrected chi connectivity index (χ3v) is 6.34. The second-order valence-electron chi connectivity index (χ2n) is 8.46. The van der Waals surface area contributed by atoms with E-state index in [2.05, 4.69) is 24.0 Å². The molecule has 1 fully saturated rings. The van der Waals surface area contributed by atoms with E-state index in [1.807, 2.05) is 36.4 Å². The van der Waals surface area contributed by atoms with Crippen LogP contribution in [-0.4, -0.2) is 53.7 Å². The number of amides is 2. The molecule has 2 aromatic carbocycles. The SMILES string of the molecule is C=CCC1(C(=O)O)CN(C(=O)C(C)NC(=O)OCC2c3ccccc3-c3ccccc32)C1. The van der Waals surface area contributed by atoms with Crippen LogP contribution in [-0.2, 0) is 14.3 Å². The first-order chi connectivity index (χ1) is 15.4. The van der Waals surface area contributed by atoms with Crippen molar-refractivity contribution in [3.05, 3.63) is 72.3 Å². The van der Waals surface area contributed by atoms with Crippen LogP contribution in [0.15, 0.2) is 61.2 Å². The molecule has 4 rings (SSSR count). The summed E-state index contributed by atoms with van der Waals surface area (Å²) in [6.07, 6.45) is 1.16. The predicted molar refractivity (Wildman–Crippen MR) is 119 cm³/mol. The number of carbonyl (C=O) groups excluding carboxylic acids is 2.